The first-order valence-electron chi connectivity index (χ1n) is 4.31. The largest absolute Gasteiger partial charge is 0.504 e. The molecule has 0 spiro atoms. The van der Waals surface area contributed by atoms with Gasteiger partial charge in [0.1, 0.15) is 0 Å². The lowest BCUT2D eigenvalue weighted by Crippen LogP contribution is -2.05. The molecule has 3 N–H and O–H groups in total. The van der Waals surface area contributed by atoms with Gasteiger partial charge in [0.25, 0.3) is 0 Å². The van der Waals surface area contributed by atoms with Gasteiger partial charge >= 0.3 is 5.97 Å². The minimum atomic E-state index is -1.10. The number of phenols is 1. The zero-order valence-corrected chi connectivity index (χ0v) is 8.17. The number of carboxylic acids is 1. The lowest BCUT2D eigenvalue weighted by molar-refractivity contribution is -0.139. The van der Waals surface area contributed by atoms with Crippen molar-refractivity contribution in [2.45, 2.75) is 12.5 Å². The zero-order valence-electron chi connectivity index (χ0n) is 8.17. The Morgan fingerprint density at radius 1 is 1.53 bits per heavy atom. The average Bonchev–Trinajstić information content (AvgIpc) is 2.17. The molecule has 5 nitrogen and oxygen atoms in total. The van der Waals surface area contributed by atoms with Crippen molar-refractivity contribution >= 4 is 5.97 Å². The fourth-order valence-corrected chi connectivity index (χ4v) is 1.18. The van der Waals surface area contributed by atoms with E-state index < -0.39 is 12.1 Å². The van der Waals surface area contributed by atoms with Gasteiger partial charge in [0.05, 0.1) is 19.6 Å². The van der Waals surface area contributed by atoms with Crippen LogP contribution in [0.5, 0.6) is 11.5 Å². The van der Waals surface area contributed by atoms with Gasteiger partial charge in [-0.25, -0.2) is 0 Å². The summed E-state index contributed by atoms with van der Waals surface area (Å²) < 4.78 is 4.83. The number of phenolic OH excluding ortho intramolecular Hbond substituents is 1. The van der Waals surface area contributed by atoms with Crippen LogP contribution in [0.1, 0.15) is 18.1 Å². The van der Waals surface area contributed by atoms with Gasteiger partial charge in [0.15, 0.2) is 11.5 Å². The van der Waals surface area contributed by atoms with Crippen LogP contribution in [0.25, 0.3) is 0 Å². The fourth-order valence-electron chi connectivity index (χ4n) is 1.18. The van der Waals surface area contributed by atoms with Crippen molar-refractivity contribution in [1.29, 1.82) is 0 Å². The van der Waals surface area contributed by atoms with Crippen LogP contribution in [0.15, 0.2) is 18.2 Å². The Labute approximate surface area is 86.5 Å². The van der Waals surface area contributed by atoms with E-state index in [0.717, 1.165) is 0 Å². The SMILES string of the molecule is COc1cc(C(O)CC(=O)O)ccc1O. The standard InChI is InChI=1S/C10H12O5/c1-15-9-4-6(2-3-7(9)11)8(12)5-10(13)14/h2-4,8,11-12H,5H2,1H3,(H,13,14). The average molecular weight is 212 g/mol. The second-order valence-corrected chi connectivity index (χ2v) is 3.04. The van der Waals surface area contributed by atoms with Crippen molar-refractivity contribution in [2.24, 2.45) is 0 Å². The monoisotopic (exact) mass is 212 g/mol. The third kappa shape index (κ3) is 2.85. The van der Waals surface area contributed by atoms with Crippen LogP contribution in [0.2, 0.25) is 0 Å². The number of rotatable bonds is 4. The highest BCUT2D eigenvalue weighted by Gasteiger charge is 2.13. The van der Waals surface area contributed by atoms with Crippen molar-refractivity contribution in [3.05, 3.63) is 23.8 Å². The minimum Gasteiger partial charge on any atom is -0.504 e. The Morgan fingerprint density at radius 3 is 2.73 bits per heavy atom. The van der Waals surface area contributed by atoms with Gasteiger partial charge in [-0.2, -0.15) is 0 Å². The molecule has 0 bridgehead atoms. The van der Waals surface area contributed by atoms with Crippen LogP contribution >= 0.6 is 0 Å². The summed E-state index contributed by atoms with van der Waals surface area (Å²) in [5, 5.41) is 27.2. The number of carbonyl (C=O) groups is 1. The number of hydrogen-bond donors (Lipinski definition) is 3. The van der Waals surface area contributed by atoms with Gasteiger partial charge < -0.3 is 20.1 Å². The number of carboxylic acid groups (broad SMARTS) is 1. The molecule has 82 valence electrons. The van der Waals surface area contributed by atoms with Crippen LogP contribution in [0.4, 0.5) is 0 Å². The Morgan fingerprint density at radius 2 is 2.20 bits per heavy atom. The quantitative estimate of drug-likeness (QED) is 0.690. The summed E-state index contributed by atoms with van der Waals surface area (Å²) in [5.41, 5.74) is 0.395. The number of hydrogen-bond acceptors (Lipinski definition) is 4. The summed E-state index contributed by atoms with van der Waals surface area (Å²) in [5.74, 6) is -0.935. The predicted octanol–water partition coefficient (Wildman–Crippen LogP) is 0.909. The zero-order chi connectivity index (χ0) is 11.4. The lowest BCUT2D eigenvalue weighted by atomic mass is 10.1. The van der Waals surface area contributed by atoms with Crippen LogP contribution in [0, 0.1) is 0 Å². The molecule has 0 aliphatic rings. The van der Waals surface area contributed by atoms with Crippen LogP contribution in [0.3, 0.4) is 0 Å². The summed E-state index contributed by atoms with van der Waals surface area (Å²) in [7, 11) is 1.38. The molecule has 0 aromatic heterocycles. The van der Waals surface area contributed by atoms with E-state index in [0.29, 0.717) is 5.56 Å². The maximum atomic E-state index is 10.4. The number of aliphatic hydroxyl groups excluding tert-OH is 1. The Hall–Kier alpha value is -1.75. The molecule has 1 rings (SSSR count). The van der Waals surface area contributed by atoms with Gasteiger partial charge in [-0.15, -0.1) is 0 Å². The van der Waals surface area contributed by atoms with Gasteiger partial charge in [-0.3, -0.25) is 4.79 Å². The molecule has 0 heterocycles. The van der Waals surface area contributed by atoms with Gasteiger partial charge in [0, 0.05) is 0 Å². The second kappa shape index (κ2) is 4.65. The third-order valence-electron chi connectivity index (χ3n) is 1.96. The van der Waals surface area contributed by atoms with Crippen molar-refractivity contribution in [2.75, 3.05) is 7.11 Å². The molecule has 0 aliphatic heterocycles. The molecule has 0 radical (unpaired) electrons. The highest BCUT2D eigenvalue weighted by atomic mass is 16.5. The summed E-state index contributed by atoms with van der Waals surface area (Å²) >= 11 is 0. The number of aliphatic hydroxyl groups is 1. The van der Waals surface area contributed by atoms with E-state index in [9.17, 15) is 15.0 Å². The first-order valence-corrected chi connectivity index (χ1v) is 4.31. The Bertz CT molecular complexity index is 361. The van der Waals surface area contributed by atoms with Crippen molar-refractivity contribution in [1.82, 2.24) is 0 Å². The van der Waals surface area contributed by atoms with E-state index in [2.05, 4.69) is 0 Å². The molecule has 15 heavy (non-hydrogen) atoms. The number of aromatic hydroxyl groups is 1. The molecule has 1 aromatic carbocycles. The third-order valence-corrected chi connectivity index (χ3v) is 1.96. The van der Waals surface area contributed by atoms with Crippen LogP contribution in [-0.2, 0) is 4.79 Å². The summed E-state index contributed by atoms with van der Waals surface area (Å²) in [6.45, 7) is 0. The number of methoxy groups -OCH3 is 1. The molecule has 5 heteroatoms. The highest BCUT2D eigenvalue weighted by molar-refractivity contribution is 5.67. The second-order valence-electron chi connectivity index (χ2n) is 3.04. The smallest absolute Gasteiger partial charge is 0.306 e. The van der Waals surface area contributed by atoms with E-state index in [-0.39, 0.29) is 17.9 Å². The van der Waals surface area contributed by atoms with Crippen molar-refractivity contribution in [3.8, 4) is 11.5 Å². The van der Waals surface area contributed by atoms with Crippen molar-refractivity contribution < 1.29 is 24.9 Å². The Kier molecular flexibility index (Phi) is 3.51. The topological polar surface area (TPSA) is 87.0 Å². The molecule has 1 unspecified atom stereocenters. The van der Waals surface area contributed by atoms with Crippen LogP contribution in [-0.4, -0.2) is 28.4 Å². The molecule has 0 aliphatic carbocycles. The van der Waals surface area contributed by atoms with E-state index in [1.54, 1.807) is 0 Å². The van der Waals surface area contributed by atoms with E-state index in [1.807, 2.05) is 0 Å². The molecule has 0 amide bonds. The highest BCUT2D eigenvalue weighted by Crippen LogP contribution is 2.29. The predicted molar refractivity (Wildman–Crippen MR) is 51.9 cm³/mol. The molecule has 0 fully saturated rings. The first-order chi connectivity index (χ1) is 7.04. The summed E-state index contributed by atoms with van der Waals surface area (Å²) in [6, 6.07) is 4.20. The van der Waals surface area contributed by atoms with Crippen molar-refractivity contribution in [3.63, 3.8) is 0 Å². The maximum Gasteiger partial charge on any atom is 0.306 e. The molecule has 0 saturated heterocycles. The molecule has 1 aromatic rings. The molecule has 1 atom stereocenters. The molecule has 0 saturated carbocycles. The first kappa shape index (κ1) is 11.3. The summed E-state index contributed by atoms with van der Waals surface area (Å²) in [4.78, 5) is 10.4. The normalized spacial score (nSPS) is 12.1. The maximum absolute atomic E-state index is 10.4. The minimum absolute atomic E-state index is 0.0521. The van der Waals surface area contributed by atoms with E-state index in [1.165, 1.54) is 25.3 Å². The van der Waals surface area contributed by atoms with Crippen LogP contribution < -0.4 is 4.74 Å². The number of ether oxygens (including phenoxy) is 1. The summed E-state index contributed by atoms with van der Waals surface area (Å²) in [6.07, 6.45) is -1.48. The fraction of sp³-hybridized carbons (Fsp3) is 0.300. The number of benzene rings is 1. The van der Waals surface area contributed by atoms with Gasteiger partial charge in [-0.1, -0.05) is 6.07 Å². The van der Waals surface area contributed by atoms with Gasteiger partial charge in [-0.05, 0) is 17.7 Å². The molecular weight excluding hydrogens is 200 g/mol. The van der Waals surface area contributed by atoms with E-state index in [4.69, 9.17) is 9.84 Å². The Balaban J connectivity index is 2.90. The lowest BCUT2D eigenvalue weighted by Gasteiger charge is -2.10. The van der Waals surface area contributed by atoms with Gasteiger partial charge in [0.2, 0.25) is 0 Å². The number of aliphatic carboxylic acids is 1. The van der Waals surface area contributed by atoms with E-state index >= 15 is 0 Å². The molecular formula is C10H12O5.